The van der Waals surface area contributed by atoms with Crippen LogP contribution >= 0.6 is 0 Å². The molecular formula is C22H12N2. The van der Waals surface area contributed by atoms with E-state index in [0.717, 1.165) is 21.7 Å². The maximum absolute atomic E-state index is 9.53. The van der Waals surface area contributed by atoms with Gasteiger partial charge in [0.25, 0.3) is 0 Å². The Kier molecular flexibility index (Phi) is 3.23. The van der Waals surface area contributed by atoms with E-state index in [-0.39, 0.29) is 0 Å². The Morgan fingerprint density at radius 3 is 1.83 bits per heavy atom. The fraction of sp³-hybridized carbons (Fsp3) is 0. The molecule has 0 amide bonds. The number of benzene rings is 4. The molecule has 2 heteroatoms. The van der Waals surface area contributed by atoms with E-state index in [2.05, 4.69) is 36.4 Å². The summed E-state index contributed by atoms with van der Waals surface area (Å²) < 4.78 is 0. The van der Waals surface area contributed by atoms with Gasteiger partial charge in [-0.3, -0.25) is 0 Å². The van der Waals surface area contributed by atoms with Gasteiger partial charge in [0.1, 0.15) is 0 Å². The van der Waals surface area contributed by atoms with Crippen LogP contribution in [0.1, 0.15) is 11.1 Å². The minimum Gasteiger partial charge on any atom is -0.192 e. The van der Waals surface area contributed by atoms with Gasteiger partial charge in [-0.15, -0.1) is 0 Å². The van der Waals surface area contributed by atoms with Crippen molar-refractivity contribution in [3.63, 3.8) is 0 Å². The van der Waals surface area contributed by atoms with Crippen molar-refractivity contribution < 1.29 is 0 Å². The Labute approximate surface area is 139 Å². The quantitative estimate of drug-likeness (QED) is 0.442. The third-order valence-electron chi connectivity index (χ3n) is 4.34. The summed E-state index contributed by atoms with van der Waals surface area (Å²) in [4.78, 5) is 0. The molecule has 0 N–H and O–H groups in total. The summed E-state index contributed by atoms with van der Waals surface area (Å²) in [6, 6.07) is 28.1. The minimum atomic E-state index is 0.523. The van der Waals surface area contributed by atoms with E-state index >= 15 is 0 Å². The summed E-state index contributed by atoms with van der Waals surface area (Å²) in [6.07, 6.45) is 0. The molecule has 0 saturated heterocycles. The van der Waals surface area contributed by atoms with Gasteiger partial charge in [0.15, 0.2) is 0 Å². The van der Waals surface area contributed by atoms with E-state index in [1.54, 1.807) is 18.2 Å². The van der Waals surface area contributed by atoms with Gasteiger partial charge in [-0.2, -0.15) is 10.5 Å². The first kappa shape index (κ1) is 14.0. The number of nitriles is 2. The van der Waals surface area contributed by atoms with E-state index in [4.69, 9.17) is 0 Å². The van der Waals surface area contributed by atoms with E-state index in [1.807, 2.05) is 30.3 Å². The first-order valence-electron chi connectivity index (χ1n) is 7.67. The third-order valence-corrected chi connectivity index (χ3v) is 4.34. The van der Waals surface area contributed by atoms with Crippen molar-refractivity contribution in [2.75, 3.05) is 0 Å². The molecular weight excluding hydrogens is 292 g/mol. The molecule has 0 saturated carbocycles. The lowest BCUT2D eigenvalue weighted by Crippen LogP contribution is -1.92. The van der Waals surface area contributed by atoms with Crippen LogP contribution in [0.15, 0.2) is 72.8 Å². The lowest BCUT2D eigenvalue weighted by Gasteiger charge is -2.13. The smallest absolute Gasteiger partial charge is 0.0998 e. The average Bonchev–Trinajstić information content (AvgIpc) is 2.66. The van der Waals surface area contributed by atoms with E-state index in [1.165, 1.54) is 5.39 Å². The predicted molar refractivity (Wildman–Crippen MR) is 96.3 cm³/mol. The normalized spacial score (nSPS) is 10.4. The number of hydrogen-bond donors (Lipinski definition) is 0. The van der Waals surface area contributed by atoms with Crippen LogP contribution in [0.4, 0.5) is 0 Å². The molecule has 0 aliphatic carbocycles. The first-order valence-corrected chi connectivity index (χ1v) is 7.67. The minimum absolute atomic E-state index is 0.523. The highest BCUT2D eigenvalue weighted by atomic mass is 14.3. The molecule has 0 spiro atoms. The number of fused-ring (bicyclic) bond motifs is 3. The predicted octanol–water partition coefficient (Wildman–Crippen LogP) is 5.40. The fourth-order valence-electron chi connectivity index (χ4n) is 3.29. The van der Waals surface area contributed by atoms with Crippen molar-refractivity contribution in [3.05, 3.63) is 83.9 Å². The molecule has 0 aliphatic rings. The standard InChI is InChI=1S/C22H12N2/c23-13-16-7-5-8-17(14-24)22(16)21-12-15-6-1-2-9-18(15)19-10-3-4-11-20(19)21/h1-12H. The van der Waals surface area contributed by atoms with Gasteiger partial charge in [0, 0.05) is 5.56 Å². The maximum atomic E-state index is 9.53. The van der Waals surface area contributed by atoms with Gasteiger partial charge in [-0.05, 0) is 45.3 Å². The second-order valence-corrected chi connectivity index (χ2v) is 5.64. The molecule has 4 rings (SSSR count). The van der Waals surface area contributed by atoms with Gasteiger partial charge >= 0.3 is 0 Å². The lowest BCUT2D eigenvalue weighted by atomic mass is 9.89. The van der Waals surface area contributed by atoms with Gasteiger partial charge in [0.2, 0.25) is 0 Å². The van der Waals surface area contributed by atoms with Crippen molar-refractivity contribution in [1.29, 1.82) is 10.5 Å². The fourth-order valence-corrected chi connectivity index (χ4v) is 3.29. The van der Waals surface area contributed by atoms with Crippen LogP contribution < -0.4 is 0 Å². The highest BCUT2D eigenvalue weighted by Gasteiger charge is 2.15. The molecule has 0 aliphatic heterocycles. The maximum Gasteiger partial charge on any atom is 0.0998 e. The zero-order chi connectivity index (χ0) is 16.5. The zero-order valence-corrected chi connectivity index (χ0v) is 12.8. The lowest BCUT2D eigenvalue weighted by molar-refractivity contribution is 1.45. The summed E-state index contributed by atoms with van der Waals surface area (Å²) >= 11 is 0. The molecule has 0 bridgehead atoms. The second-order valence-electron chi connectivity index (χ2n) is 5.64. The van der Waals surface area contributed by atoms with Gasteiger partial charge in [-0.25, -0.2) is 0 Å². The van der Waals surface area contributed by atoms with Gasteiger partial charge < -0.3 is 0 Å². The summed E-state index contributed by atoms with van der Waals surface area (Å²) in [5, 5.41) is 23.5. The highest BCUT2D eigenvalue weighted by Crippen LogP contribution is 2.37. The topological polar surface area (TPSA) is 47.6 Å². The van der Waals surface area contributed by atoms with Crippen molar-refractivity contribution >= 4 is 21.5 Å². The van der Waals surface area contributed by atoms with Crippen LogP contribution in [0.5, 0.6) is 0 Å². The van der Waals surface area contributed by atoms with E-state index in [9.17, 15) is 10.5 Å². The largest absolute Gasteiger partial charge is 0.192 e. The molecule has 0 radical (unpaired) electrons. The van der Waals surface area contributed by atoms with Crippen molar-refractivity contribution in [1.82, 2.24) is 0 Å². The van der Waals surface area contributed by atoms with Crippen LogP contribution in [0.2, 0.25) is 0 Å². The second kappa shape index (κ2) is 5.54. The van der Waals surface area contributed by atoms with Crippen LogP contribution in [0.25, 0.3) is 32.7 Å². The number of hydrogen-bond acceptors (Lipinski definition) is 2. The SMILES string of the molecule is N#Cc1cccc(C#N)c1-c1cc2ccccc2c2ccccc12. The first-order chi connectivity index (χ1) is 11.8. The van der Waals surface area contributed by atoms with Crippen molar-refractivity contribution in [3.8, 4) is 23.3 Å². The molecule has 24 heavy (non-hydrogen) atoms. The number of rotatable bonds is 1. The molecule has 0 aromatic heterocycles. The molecule has 110 valence electrons. The van der Waals surface area contributed by atoms with E-state index in [0.29, 0.717) is 16.7 Å². The highest BCUT2D eigenvalue weighted by molar-refractivity contribution is 6.14. The molecule has 0 heterocycles. The van der Waals surface area contributed by atoms with E-state index < -0.39 is 0 Å². The molecule has 4 aromatic rings. The molecule has 4 aromatic carbocycles. The molecule has 0 atom stereocenters. The Bertz CT molecular complexity index is 1140. The Morgan fingerprint density at radius 1 is 0.583 bits per heavy atom. The van der Waals surface area contributed by atoms with Crippen LogP contribution in [0.3, 0.4) is 0 Å². The van der Waals surface area contributed by atoms with Crippen molar-refractivity contribution in [2.24, 2.45) is 0 Å². The van der Waals surface area contributed by atoms with Crippen LogP contribution in [0, 0.1) is 22.7 Å². The summed E-state index contributed by atoms with van der Waals surface area (Å²) in [5.74, 6) is 0. The van der Waals surface area contributed by atoms with Crippen LogP contribution in [-0.4, -0.2) is 0 Å². The number of nitrogens with zero attached hydrogens (tertiary/aromatic N) is 2. The Morgan fingerprint density at radius 2 is 1.17 bits per heavy atom. The molecule has 0 unspecified atom stereocenters. The Hall–Kier alpha value is -3.62. The monoisotopic (exact) mass is 304 g/mol. The Balaban J connectivity index is 2.23. The third kappa shape index (κ3) is 2.02. The molecule has 2 nitrogen and oxygen atoms in total. The van der Waals surface area contributed by atoms with Gasteiger partial charge in [0.05, 0.1) is 23.3 Å². The van der Waals surface area contributed by atoms with Crippen molar-refractivity contribution in [2.45, 2.75) is 0 Å². The summed E-state index contributed by atoms with van der Waals surface area (Å²) in [5.41, 5.74) is 2.69. The summed E-state index contributed by atoms with van der Waals surface area (Å²) in [7, 11) is 0. The summed E-state index contributed by atoms with van der Waals surface area (Å²) in [6.45, 7) is 0. The zero-order valence-electron chi connectivity index (χ0n) is 12.8. The average molecular weight is 304 g/mol. The van der Waals surface area contributed by atoms with Crippen LogP contribution in [-0.2, 0) is 0 Å². The molecule has 0 fully saturated rings. The van der Waals surface area contributed by atoms with Gasteiger partial charge in [-0.1, -0.05) is 54.6 Å².